The van der Waals surface area contributed by atoms with Crippen LogP contribution in [0.25, 0.3) is 0 Å². The Hall–Kier alpha value is -1.94. The van der Waals surface area contributed by atoms with Crippen LogP contribution in [0.4, 0.5) is 0 Å². The molecular weight excluding hydrogens is 428 g/mol. The number of nitrogens with one attached hydrogen (secondary N) is 3. The lowest BCUT2D eigenvalue weighted by atomic mass is 10.00. The van der Waals surface area contributed by atoms with Gasteiger partial charge in [0.15, 0.2) is 0 Å². The van der Waals surface area contributed by atoms with Crippen molar-refractivity contribution in [3.63, 3.8) is 0 Å². The Kier molecular flexibility index (Phi) is 9.60. The van der Waals surface area contributed by atoms with Gasteiger partial charge in [-0.05, 0) is 40.6 Å². The van der Waals surface area contributed by atoms with E-state index in [0.29, 0.717) is 23.1 Å². The molecule has 0 spiro atoms. The largest absolute Gasteiger partial charge is 0.368 e. The van der Waals surface area contributed by atoms with E-state index >= 15 is 0 Å². The Labute approximate surface area is 173 Å². The first kappa shape index (κ1) is 24.1. The van der Waals surface area contributed by atoms with Crippen LogP contribution < -0.4 is 22.1 Å². The number of amides is 3. The number of carbonyl (C=O) groups excluding carboxylic acids is 3. The van der Waals surface area contributed by atoms with Crippen molar-refractivity contribution in [1.29, 1.82) is 0 Å². The summed E-state index contributed by atoms with van der Waals surface area (Å²) in [6, 6.07) is -2.45. The van der Waals surface area contributed by atoms with Crippen LogP contribution in [0.1, 0.15) is 46.2 Å². The normalized spacial score (nSPS) is 14.6. The summed E-state index contributed by atoms with van der Waals surface area (Å²) in [4.78, 5) is 43.8. The highest BCUT2D eigenvalue weighted by Gasteiger charge is 2.28. The number of aromatic nitrogens is 2. The molecule has 0 aromatic carbocycles. The third kappa shape index (κ3) is 7.97. The summed E-state index contributed by atoms with van der Waals surface area (Å²) >= 11 is 3.27. The van der Waals surface area contributed by atoms with Gasteiger partial charge in [-0.25, -0.2) is 4.98 Å². The summed E-state index contributed by atoms with van der Waals surface area (Å²) in [5.74, 6) is -1.18. The molecule has 3 amide bonds. The molecule has 7 N–H and O–H groups in total. The molecule has 3 atom stereocenters. The molecule has 0 saturated carbocycles. The third-order valence-corrected chi connectivity index (χ3v) is 4.82. The zero-order chi connectivity index (χ0) is 21.4. The minimum absolute atomic E-state index is 0.145. The first-order chi connectivity index (χ1) is 13.0. The highest BCUT2D eigenvalue weighted by Crippen LogP contribution is 2.13. The maximum Gasteiger partial charge on any atom is 0.243 e. The van der Waals surface area contributed by atoms with E-state index in [-0.39, 0.29) is 18.3 Å². The van der Waals surface area contributed by atoms with Crippen LogP contribution >= 0.6 is 15.9 Å². The molecular formula is C18H31BrN6O3. The molecule has 0 unspecified atom stereocenters. The molecule has 158 valence electrons. The van der Waals surface area contributed by atoms with E-state index in [9.17, 15) is 14.4 Å². The molecule has 9 nitrogen and oxygen atoms in total. The Balaban J connectivity index is 2.79. The van der Waals surface area contributed by atoms with Crippen molar-refractivity contribution >= 4 is 33.7 Å². The molecule has 0 bridgehead atoms. The van der Waals surface area contributed by atoms with Gasteiger partial charge in [0, 0.05) is 6.42 Å². The first-order valence-electron chi connectivity index (χ1n) is 9.34. The number of imidazole rings is 1. The van der Waals surface area contributed by atoms with Gasteiger partial charge >= 0.3 is 0 Å². The molecule has 0 saturated heterocycles. The average molecular weight is 459 g/mol. The van der Waals surface area contributed by atoms with Crippen LogP contribution in [-0.2, 0) is 20.8 Å². The van der Waals surface area contributed by atoms with Crippen molar-refractivity contribution in [2.75, 3.05) is 0 Å². The number of nitrogens with two attached hydrogens (primary N) is 2. The summed E-state index contributed by atoms with van der Waals surface area (Å²) in [6.45, 7) is 7.74. The van der Waals surface area contributed by atoms with Crippen molar-refractivity contribution in [3.05, 3.63) is 16.6 Å². The van der Waals surface area contributed by atoms with Crippen LogP contribution in [0, 0.1) is 11.8 Å². The summed E-state index contributed by atoms with van der Waals surface area (Å²) in [6.07, 6.45) is 2.57. The second-order valence-corrected chi connectivity index (χ2v) is 8.52. The number of hydrogen-bond donors (Lipinski definition) is 5. The molecule has 0 aliphatic rings. The summed E-state index contributed by atoms with van der Waals surface area (Å²) in [7, 11) is 0. The van der Waals surface area contributed by atoms with Gasteiger partial charge in [0.1, 0.15) is 16.7 Å². The molecule has 0 aliphatic carbocycles. The van der Waals surface area contributed by atoms with Gasteiger partial charge in [0.05, 0.1) is 18.1 Å². The average Bonchev–Trinajstić information content (AvgIpc) is 2.97. The molecule has 1 heterocycles. The maximum absolute atomic E-state index is 12.7. The van der Waals surface area contributed by atoms with Crippen LogP contribution in [0.3, 0.4) is 0 Å². The Morgan fingerprint density at radius 3 is 2.07 bits per heavy atom. The van der Waals surface area contributed by atoms with Crippen molar-refractivity contribution in [3.8, 4) is 0 Å². The van der Waals surface area contributed by atoms with E-state index in [1.165, 1.54) is 6.33 Å². The zero-order valence-corrected chi connectivity index (χ0v) is 18.4. The number of hydrogen-bond acceptors (Lipinski definition) is 5. The number of aromatic amines is 1. The van der Waals surface area contributed by atoms with Gasteiger partial charge in [0.2, 0.25) is 17.7 Å². The van der Waals surface area contributed by atoms with Crippen LogP contribution in [0.2, 0.25) is 0 Å². The van der Waals surface area contributed by atoms with Crippen molar-refractivity contribution in [2.45, 2.75) is 65.1 Å². The first-order valence-corrected chi connectivity index (χ1v) is 10.1. The van der Waals surface area contributed by atoms with Crippen LogP contribution in [0.15, 0.2) is 10.9 Å². The zero-order valence-electron chi connectivity index (χ0n) is 16.8. The summed E-state index contributed by atoms with van der Waals surface area (Å²) in [5, 5.41) is 5.36. The van der Waals surface area contributed by atoms with Gasteiger partial charge in [0.25, 0.3) is 0 Å². The topological polar surface area (TPSA) is 156 Å². The van der Waals surface area contributed by atoms with Gasteiger partial charge in [-0.2, -0.15) is 0 Å². The third-order valence-electron chi connectivity index (χ3n) is 4.13. The monoisotopic (exact) mass is 458 g/mol. The fourth-order valence-electron chi connectivity index (χ4n) is 2.73. The maximum atomic E-state index is 12.7. The number of primary amides is 1. The van der Waals surface area contributed by atoms with E-state index in [4.69, 9.17) is 11.5 Å². The van der Waals surface area contributed by atoms with Gasteiger partial charge in [-0.1, -0.05) is 27.7 Å². The fraction of sp³-hybridized carbons (Fsp3) is 0.667. The molecule has 0 radical (unpaired) electrons. The molecule has 10 heteroatoms. The van der Waals surface area contributed by atoms with Crippen molar-refractivity contribution in [1.82, 2.24) is 20.6 Å². The van der Waals surface area contributed by atoms with E-state index in [0.717, 1.165) is 0 Å². The highest BCUT2D eigenvalue weighted by atomic mass is 79.9. The van der Waals surface area contributed by atoms with Crippen LogP contribution in [0.5, 0.6) is 0 Å². The predicted octanol–water partition coefficient (Wildman–Crippen LogP) is 0.589. The molecule has 28 heavy (non-hydrogen) atoms. The minimum atomic E-state index is -0.859. The second-order valence-electron chi connectivity index (χ2n) is 7.77. The standard InChI is InChI=1S/C18H31BrN6O3/c1-9(2)5-13(16(21)26)24-18(28)14(6-10(3)4)25-17(27)11(20)7-12-15(19)23-8-22-12/h8-11,13-14H,5-7,20H2,1-4H3,(H2,21,26)(H,22,23)(H,24,28)(H,25,27)/t11-,13-,14-/m0/s1. The van der Waals surface area contributed by atoms with Crippen molar-refractivity contribution in [2.24, 2.45) is 23.3 Å². The Morgan fingerprint density at radius 2 is 1.61 bits per heavy atom. The summed E-state index contributed by atoms with van der Waals surface area (Å²) in [5.41, 5.74) is 12.1. The smallest absolute Gasteiger partial charge is 0.243 e. The Morgan fingerprint density at radius 1 is 1.07 bits per heavy atom. The molecule has 0 fully saturated rings. The van der Waals surface area contributed by atoms with Gasteiger partial charge in [-0.15, -0.1) is 0 Å². The Bertz CT molecular complexity index is 676. The number of halogens is 1. The predicted molar refractivity (Wildman–Crippen MR) is 110 cm³/mol. The fourth-order valence-corrected chi connectivity index (χ4v) is 3.11. The van der Waals surface area contributed by atoms with Gasteiger partial charge < -0.3 is 27.1 Å². The lowest BCUT2D eigenvalue weighted by Crippen LogP contribution is -2.56. The SMILES string of the molecule is CC(C)C[C@H](NC(=O)[C@H](CC(C)C)NC(=O)[C@@H](N)Cc1[nH]cnc1Br)C(N)=O. The number of H-pyrrole nitrogens is 1. The molecule has 1 aromatic rings. The second kappa shape index (κ2) is 11.2. The summed E-state index contributed by atoms with van der Waals surface area (Å²) < 4.78 is 0.588. The lowest BCUT2D eigenvalue weighted by Gasteiger charge is -2.25. The molecule has 1 aromatic heterocycles. The quantitative estimate of drug-likeness (QED) is 0.327. The lowest BCUT2D eigenvalue weighted by molar-refractivity contribution is -0.132. The van der Waals surface area contributed by atoms with Crippen LogP contribution in [-0.4, -0.2) is 45.8 Å². The number of carbonyl (C=O) groups is 3. The highest BCUT2D eigenvalue weighted by molar-refractivity contribution is 9.10. The van der Waals surface area contributed by atoms with E-state index < -0.39 is 35.8 Å². The van der Waals surface area contributed by atoms with E-state index in [1.807, 2.05) is 27.7 Å². The van der Waals surface area contributed by atoms with Crippen molar-refractivity contribution < 1.29 is 14.4 Å². The van der Waals surface area contributed by atoms with Gasteiger partial charge in [-0.3, -0.25) is 14.4 Å². The minimum Gasteiger partial charge on any atom is -0.368 e. The van der Waals surface area contributed by atoms with E-state index in [1.54, 1.807) is 0 Å². The molecule has 1 rings (SSSR count). The molecule has 0 aliphatic heterocycles. The number of nitrogens with zero attached hydrogens (tertiary/aromatic N) is 1. The van der Waals surface area contributed by atoms with E-state index in [2.05, 4.69) is 36.5 Å². The number of rotatable bonds is 11.